The van der Waals surface area contributed by atoms with Crippen molar-refractivity contribution in [2.45, 2.75) is 18.5 Å². The Bertz CT molecular complexity index is 156. The fourth-order valence-corrected chi connectivity index (χ4v) is 0.995. The van der Waals surface area contributed by atoms with Gasteiger partial charge in [0, 0.05) is 12.8 Å². The second-order valence-corrected chi connectivity index (χ2v) is 2.48. The molecule has 0 radical (unpaired) electrons. The van der Waals surface area contributed by atoms with Crippen LogP contribution in [0, 0.1) is 0 Å². The molecule has 0 N–H and O–H groups in total. The fourth-order valence-electron chi connectivity index (χ4n) is 0.773. The van der Waals surface area contributed by atoms with E-state index in [0.29, 0.717) is 6.61 Å². The molecule has 0 saturated heterocycles. The number of ether oxygens (including phenoxy) is 1. The summed E-state index contributed by atoms with van der Waals surface area (Å²) >= 11 is 5.84. The number of rotatable bonds is 2. The topological polar surface area (TPSA) is 21.6 Å². The first kappa shape index (κ1) is 7.76. The third kappa shape index (κ3) is 1.82. The Labute approximate surface area is 65.5 Å². The SMILES string of the molecule is CCOC1N=CC=CC1Cl. The monoisotopic (exact) mass is 159 g/mol. The van der Waals surface area contributed by atoms with Crippen LogP contribution in [0.25, 0.3) is 0 Å². The summed E-state index contributed by atoms with van der Waals surface area (Å²) in [5.41, 5.74) is 0. The molecule has 0 aromatic heterocycles. The molecule has 1 rings (SSSR count). The molecule has 2 nitrogen and oxygen atoms in total. The lowest BCUT2D eigenvalue weighted by atomic mass is 10.3. The molecule has 0 bridgehead atoms. The average Bonchev–Trinajstić information content (AvgIpc) is 1.94. The molecule has 3 heteroatoms. The highest BCUT2D eigenvalue weighted by molar-refractivity contribution is 6.22. The van der Waals surface area contributed by atoms with E-state index in [2.05, 4.69) is 4.99 Å². The maximum absolute atomic E-state index is 5.84. The second-order valence-electron chi connectivity index (χ2n) is 1.97. The highest BCUT2D eigenvalue weighted by Crippen LogP contribution is 2.12. The molecule has 2 unspecified atom stereocenters. The molecular weight excluding hydrogens is 150 g/mol. The maximum atomic E-state index is 5.84. The standard InChI is InChI=1S/C7H10ClNO/c1-2-10-7-6(8)4-3-5-9-7/h3-7H,2H2,1H3. The van der Waals surface area contributed by atoms with Crippen molar-refractivity contribution in [1.29, 1.82) is 0 Å². The Morgan fingerprint density at radius 3 is 3.10 bits per heavy atom. The van der Waals surface area contributed by atoms with Crippen molar-refractivity contribution in [3.63, 3.8) is 0 Å². The van der Waals surface area contributed by atoms with Crippen molar-refractivity contribution < 1.29 is 4.74 Å². The quantitative estimate of drug-likeness (QED) is 0.561. The lowest BCUT2D eigenvalue weighted by molar-refractivity contribution is 0.0738. The van der Waals surface area contributed by atoms with Crippen molar-refractivity contribution in [3.05, 3.63) is 12.2 Å². The van der Waals surface area contributed by atoms with Gasteiger partial charge < -0.3 is 4.74 Å². The van der Waals surface area contributed by atoms with E-state index in [0.717, 1.165) is 0 Å². The van der Waals surface area contributed by atoms with Crippen LogP contribution in [0.1, 0.15) is 6.92 Å². The molecule has 0 fully saturated rings. The Morgan fingerprint density at radius 2 is 2.50 bits per heavy atom. The predicted molar refractivity (Wildman–Crippen MR) is 42.7 cm³/mol. The molecule has 0 aliphatic carbocycles. The van der Waals surface area contributed by atoms with Crippen molar-refractivity contribution in [2.75, 3.05) is 6.61 Å². The summed E-state index contributed by atoms with van der Waals surface area (Å²) in [7, 11) is 0. The van der Waals surface area contributed by atoms with Gasteiger partial charge >= 0.3 is 0 Å². The normalized spacial score (nSPS) is 31.0. The lowest BCUT2D eigenvalue weighted by Crippen LogP contribution is -2.22. The van der Waals surface area contributed by atoms with Gasteiger partial charge in [0.1, 0.15) is 0 Å². The van der Waals surface area contributed by atoms with Crippen molar-refractivity contribution in [2.24, 2.45) is 4.99 Å². The van der Waals surface area contributed by atoms with Crippen LogP contribution in [-0.2, 0) is 4.74 Å². The first-order valence-corrected chi connectivity index (χ1v) is 3.74. The number of hydrogen-bond acceptors (Lipinski definition) is 2. The summed E-state index contributed by atoms with van der Waals surface area (Å²) in [6, 6.07) is 0. The van der Waals surface area contributed by atoms with E-state index < -0.39 is 0 Å². The minimum absolute atomic E-state index is 0.107. The van der Waals surface area contributed by atoms with Crippen LogP contribution in [0.4, 0.5) is 0 Å². The molecule has 10 heavy (non-hydrogen) atoms. The van der Waals surface area contributed by atoms with Gasteiger partial charge in [-0.1, -0.05) is 6.08 Å². The predicted octanol–water partition coefficient (Wildman–Crippen LogP) is 1.60. The molecule has 1 heterocycles. The smallest absolute Gasteiger partial charge is 0.167 e. The number of nitrogens with zero attached hydrogens (tertiary/aromatic N) is 1. The van der Waals surface area contributed by atoms with Gasteiger partial charge in [-0.2, -0.15) is 0 Å². The van der Waals surface area contributed by atoms with Gasteiger partial charge in [0.05, 0.1) is 5.38 Å². The van der Waals surface area contributed by atoms with E-state index in [1.807, 2.05) is 19.1 Å². The molecule has 1 aliphatic rings. The van der Waals surface area contributed by atoms with E-state index in [1.165, 1.54) is 0 Å². The van der Waals surface area contributed by atoms with E-state index in [-0.39, 0.29) is 11.6 Å². The summed E-state index contributed by atoms with van der Waals surface area (Å²) < 4.78 is 5.21. The minimum Gasteiger partial charge on any atom is -0.355 e. The van der Waals surface area contributed by atoms with E-state index in [1.54, 1.807) is 6.21 Å². The van der Waals surface area contributed by atoms with Gasteiger partial charge in [0.2, 0.25) is 0 Å². The average molecular weight is 160 g/mol. The zero-order valence-electron chi connectivity index (χ0n) is 5.83. The third-order valence-corrected chi connectivity index (χ3v) is 1.58. The lowest BCUT2D eigenvalue weighted by Gasteiger charge is -2.16. The van der Waals surface area contributed by atoms with Crippen LogP contribution < -0.4 is 0 Å². The van der Waals surface area contributed by atoms with Gasteiger partial charge in [-0.25, -0.2) is 0 Å². The third-order valence-electron chi connectivity index (χ3n) is 1.22. The molecule has 0 saturated carbocycles. The first-order chi connectivity index (χ1) is 4.84. The summed E-state index contributed by atoms with van der Waals surface area (Å²) in [4.78, 5) is 4.03. The number of alkyl halides is 1. The maximum Gasteiger partial charge on any atom is 0.167 e. The first-order valence-electron chi connectivity index (χ1n) is 3.30. The van der Waals surface area contributed by atoms with E-state index in [4.69, 9.17) is 16.3 Å². The number of hydrogen-bond donors (Lipinski definition) is 0. The number of allylic oxidation sites excluding steroid dienone is 1. The molecule has 0 amide bonds. The minimum atomic E-state index is -0.184. The Hall–Kier alpha value is -0.340. The molecule has 56 valence electrons. The molecule has 1 aliphatic heterocycles. The summed E-state index contributed by atoms with van der Waals surface area (Å²) in [6.07, 6.45) is 5.22. The fraction of sp³-hybridized carbons (Fsp3) is 0.571. The van der Waals surface area contributed by atoms with E-state index in [9.17, 15) is 0 Å². The number of halogens is 1. The van der Waals surface area contributed by atoms with Gasteiger partial charge in [-0.15, -0.1) is 11.6 Å². The van der Waals surface area contributed by atoms with Gasteiger partial charge in [-0.3, -0.25) is 4.99 Å². The molecule has 0 spiro atoms. The highest BCUT2D eigenvalue weighted by Gasteiger charge is 2.16. The second kappa shape index (κ2) is 3.74. The Kier molecular flexibility index (Phi) is 2.90. The molecular formula is C7H10ClNO. The van der Waals surface area contributed by atoms with Crippen LogP contribution in [0.15, 0.2) is 17.1 Å². The van der Waals surface area contributed by atoms with Gasteiger partial charge in [-0.05, 0) is 13.0 Å². The largest absolute Gasteiger partial charge is 0.355 e. The number of aliphatic imine (C=N–C) groups is 1. The van der Waals surface area contributed by atoms with Gasteiger partial charge in [0.25, 0.3) is 0 Å². The Balaban J connectivity index is 2.44. The van der Waals surface area contributed by atoms with Crippen LogP contribution in [0.5, 0.6) is 0 Å². The highest BCUT2D eigenvalue weighted by atomic mass is 35.5. The van der Waals surface area contributed by atoms with Crippen LogP contribution >= 0.6 is 11.6 Å². The molecule has 0 aromatic rings. The van der Waals surface area contributed by atoms with Crippen molar-refractivity contribution in [3.8, 4) is 0 Å². The van der Waals surface area contributed by atoms with Crippen LogP contribution in [-0.4, -0.2) is 24.4 Å². The zero-order chi connectivity index (χ0) is 7.40. The summed E-state index contributed by atoms with van der Waals surface area (Å²) in [6.45, 7) is 2.58. The summed E-state index contributed by atoms with van der Waals surface area (Å²) in [5.74, 6) is 0. The summed E-state index contributed by atoms with van der Waals surface area (Å²) in [5, 5.41) is -0.107. The molecule has 0 aromatic carbocycles. The Morgan fingerprint density at radius 1 is 1.70 bits per heavy atom. The van der Waals surface area contributed by atoms with Crippen molar-refractivity contribution in [1.82, 2.24) is 0 Å². The zero-order valence-corrected chi connectivity index (χ0v) is 6.58. The molecule has 2 atom stereocenters. The van der Waals surface area contributed by atoms with Crippen molar-refractivity contribution >= 4 is 17.8 Å². The van der Waals surface area contributed by atoms with Crippen LogP contribution in [0.2, 0.25) is 0 Å². The van der Waals surface area contributed by atoms with Crippen LogP contribution in [0.3, 0.4) is 0 Å². The van der Waals surface area contributed by atoms with Gasteiger partial charge in [0.15, 0.2) is 6.23 Å². The van der Waals surface area contributed by atoms with E-state index >= 15 is 0 Å². The number of dihydropyridines is 1.